The van der Waals surface area contributed by atoms with Crippen molar-refractivity contribution < 1.29 is 14.7 Å². The molecule has 1 aliphatic rings. The number of anilines is 1. The van der Waals surface area contributed by atoms with Gasteiger partial charge in [0.1, 0.15) is 5.56 Å². The van der Waals surface area contributed by atoms with Gasteiger partial charge in [0.2, 0.25) is 0 Å². The predicted octanol–water partition coefficient (Wildman–Crippen LogP) is 3.69. The van der Waals surface area contributed by atoms with Crippen LogP contribution in [0.4, 0.5) is 10.5 Å². The Kier molecular flexibility index (Phi) is 4.73. The minimum atomic E-state index is -1.16. The van der Waals surface area contributed by atoms with Gasteiger partial charge in [0.25, 0.3) is 0 Å². The lowest BCUT2D eigenvalue weighted by molar-refractivity contribution is 0.0698. The summed E-state index contributed by atoms with van der Waals surface area (Å²) in [5.74, 6) is -0.707. The zero-order chi connectivity index (χ0) is 15.6. The highest BCUT2D eigenvalue weighted by atomic mass is 35.5. The van der Waals surface area contributed by atoms with Gasteiger partial charge in [0.15, 0.2) is 0 Å². The molecule has 1 aromatic carbocycles. The molecule has 0 radical (unpaired) electrons. The van der Waals surface area contributed by atoms with Crippen LogP contribution in [0.15, 0.2) is 18.2 Å². The zero-order valence-corrected chi connectivity index (χ0v) is 12.9. The summed E-state index contributed by atoms with van der Waals surface area (Å²) in [6.07, 6.45) is 2.05. The van der Waals surface area contributed by atoms with Crippen LogP contribution < -0.4 is 5.32 Å². The zero-order valence-electron chi connectivity index (χ0n) is 12.1. The fourth-order valence-electron chi connectivity index (χ4n) is 2.60. The van der Waals surface area contributed by atoms with E-state index < -0.39 is 5.97 Å². The molecule has 1 saturated heterocycles. The molecule has 21 heavy (non-hydrogen) atoms. The quantitative estimate of drug-likeness (QED) is 0.875. The van der Waals surface area contributed by atoms with Gasteiger partial charge in [0, 0.05) is 12.6 Å². The molecule has 2 unspecified atom stereocenters. The summed E-state index contributed by atoms with van der Waals surface area (Å²) in [5.41, 5.74) is 0.149. The summed E-state index contributed by atoms with van der Waals surface area (Å²) in [4.78, 5) is 25.4. The van der Waals surface area contributed by atoms with Crippen molar-refractivity contribution in [2.75, 3.05) is 11.9 Å². The van der Waals surface area contributed by atoms with E-state index in [1.807, 2.05) is 6.92 Å². The first kappa shape index (κ1) is 15.6. The van der Waals surface area contributed by atoms with Gasteiger partial charge in [-0.1, -0.05) is 24.6 Å². The average Bonchev–Trinajstić information content (AvgIpc) is 2.41. The van der Waals surface area contributed by atoms with E-state index in [9.17, 15) is 14.7 Å². The van der Waals surface area contributed by atoms with E-state index in [0.29, 0.717) is 12.5 Å². The first-order valence-electron chi connectivity index (χ1n) is 6.99. The molecule has 0 bridgehead atoms. The predicted molar refractivity (Wildman–Crippen MR) is 82.0 cm³/mol. The third-order valence-electron chi connectivity index (χ3n) is 3.85. The summed E-state index contributed by atoms with van der Waals surface area (Å²) in [6, 6.07) is 4.52. The number of carboxylic acid groups (broad SMARTS) is 1. The summed E-state index contributed by atoms with van der Waals surface area (Å²) in [7, 11) is 0. The Morgan fingerprint density at radius 1 is 1.33 bits per heavy atom. The smallest absolute Gasteiger partial charge is 0.339 e. The lowest BCUT2D eigenvalue weighted by Crippen LogP contribution is -2.47. The molecule has 2 rings (SSSR count). The molecule has 0 aliphatic carbocycles. The lowest BCUT2D eigenvalue weighted by Gasteiger charge is -2.36. The molecule has 0 aromatic heterocycles. The van der Waals surface area contributed by atoms with E-state index in [1.165, 1.54) is 6.07 Å². The number of hydrogen-bond donors (Lipinski definition) is 2. The Bertz CT molecular complexity index is 562. The highest BCUT2D eigenvalue weighted by Gasteiger charge is 2.27. The molecule has 0 spiro atoms. The first-order valence-corrected chi connectivity index (χ1v) is 7.37. The van der Waals surface area contributed by atoms with Crippen LogP contribution in [0.25, 0.3) is 0 Å². The molecule has 1 fully saturated rings. The number of nitrogens with one attached hydrogen (secondary N) is 1. The highest BCUT2D eigenvalue weighted by Crippen LogP contribution is 2.26. The average molecular weight is 311 g/mol. The number of carboxylic acids is 1. The topological polar surface area (TPSA) is 69.6 Å². The van der Waals surface area contributed by atoms with Crippen LogP contribution in [0.5, 0.6) is 0 Å². The monoisotopic (exact) mass is 310 g/mol. The van der Waals surface area contributed by atoms with E-state index in [4.69, 9.17) is 11.6 Å². The Hall–Kier alpha value is -1.75. The minimum Gasteiger partial charge on any atom is -0.478 e. The highest BCUT2D eigenvalue weighted by molar-refractivity contribution is 6.34. The molecule has 1 aliphatic heterocycles. The number of amides is 2. The molecule has 2 atom stereocenters. The van der Waals surface area contributed by atoms with E-state index in [0.717, 1.165) is 12.8 Å². The van der Waals surface area contributed by atoms with Gasteiger partial charge in [0.05, 0.1) is 10.7 Å². The fourth-order valence-corrected chi connectivity index (χ4v) is 2.86. The van der Waals surface area contributed by atoms with Crippen molar-refractivity contribution in [1.29, 1.82) is 0 Å². The number of halogens is 1. The van der Waals surface area contributed by atoms with Crippen LogP contribution in [0.1, 0.15) is 37.0 Å². The number of hydrogen-bond acceptors (Lipinski definition) is 2. The van der Waals surface area contributed by atoms with Gasteiger partial charge < -0.3 is 15.3 Å². The summed E-state index contributed by atoms with van der Waals surface area (Å²) in [5, 5.41) is 12.0. The van der Waals surface area contributed by atoms with Crippen LogP contribution in [-0.4, -0.2) is 34.6 Å². The SMILES string of the molecule is CC1CCC(C)N(C(=O)Nc2cccc(Cl)c2C(=O)O)C1. The molecule has 1 heterocycles. The number of benzene rings is 1. The molecule has 6 heteroatoms. The summed E-state index contributed by atoms with van der Waals surface area (Å²) < 4.78 is 0. The maximum absolute atomic E-state index is 12.4. The van der Waals surface area contributed by atoms with Crippen LogP contribution >= 0.6 is 11.6 Å². The van der Waals surface area contributed by atoms with Crippen LogP contribution in [0.3, 0.4) is 0 Å². The molecule has 2 N–H and O–H groups in total. The molecular weight excluding hydrogens is 292 g/mol. The summed E-state index contributed by atoms with van der Waals surface area (Å²) >= 11 is 5.90. The van der Waals surface area contributed by atoms with Gasteiger partial charge >= 0.3 is 12.0 Å². The van der Waals surface area contributed by atoms with Crippen molar-refractivity contribution in [3.63, 3.8) is 0 Å². The molecule has 0 saturated carbocycles. The fraction of sp³-hybridized carbons (Fsp3) is 0.467. The van der Waals surface area contributed by atoms with Crippen LogP contribution in [0.2, 0.25) is 5.02 Å². The number of aromatic carboxylic acids is 1. The summed E-state index contributed by atoms with van der Waals surface area (Å²) in [6.45, 7) is 4.78. The standard InChI is InChI=1S/C15H19ClN2O3/c1-9-6-7-10(2)18(8-9)15(21)17-12-5-3-4-11(16)13(12)14(19)20/h3-5,9-10H,6-8H2,1-2H3,(H,17,21)(H,19,20). The second-order valence-corrected chi connectivity index (χ2v) is 5.99. The van der Waals surface area contributed by atoms with Crippen molar-refractivity contribution in [3.8, 4) is 0 Å². The van der Waals surface area contributed by atoms with Crippen molar-refractivity contribution in [2.45, 2.75) is 32.7 Å². The van der Waals surface area contributed by atoms with E-state index >= 15 is 0 Å². The molecule has 5 nitrogen and oxygen atoms in total. The third-order valence-corrected chi connectivity index (χ3v) is 4.16. The number of piperidine rings is 1. The van der Waals surface area contributed by atoms with Gasteiger partial charge in [-0.2, -0.15) is 0 Å². The molecule has 1 aromatic rings. The number of nitrogens with zero attached hydrogens (tertiary/aromatic N) is 1. The Morgan fingerprint density at radius 2 is 2.05 bits per heavy atom. The first-order chi connectivity index (χ1) is 9.90. The number of urea groups is 1. The second-order valence-electron chi connectivity index (χ2n) is 5.58. The third kappa shape index (κ3) is 3.47. The van der Waals surface area contributed by atoms with E-state index in [2.05, 4.69) is 12.2 Å². The van der Waals surface area contributed by atoms with Crippen molar-refractivity contribution >= 4 is 29.3 Å². The number of rotatable bonds is 2. The van der Waals surface area contributed by atoms with Crippen molar-refractivity contribution in [1.82, 2.24) is 4.90 Å². The Balaban J connectivity index is 2.20. The number of carbonyl (C=O) groups excluding carboxylic acids is 1. The van der Waals surface area contributed by atoms with E-state index in [1.54, 1.807) is 17.0 Å². The number of carbonyl (C=O) groups is 2. The van der Waals surface area contributed by atoms with E-state index in [-0.39, 0.29) is 28.3 Å². The van der Waals surface area contributed by atoms with Crippen LogP contribution in [0, 0.1) is 5.92 Å². The van der Waals surface area contributed by atoms with Gasteiger partial charge in [-0.3, -0.25) is 0 Å². The van der Waals surface area contributed by atoms with Crippen LogP contribution in [-0.2, 0) is 0 Å². The maximum Gasteiger partial charge on any atom is 0.339 e. The molecular formula is C15H19ClN2O3. The second kappa shape index (κ2) is 6.35. The van der Waals surface area contributed by atoms with Crippen molar-refractivity contribution in [3.05, 3.63) is 28.8 Å². The normalized spacial score (nSPS) is 22.0. The van der Waals surface area contributed by atoms with Gasteiger partial charge in [-0.05, 0) is 37.8 Å². The van der Waals surface area contributed by atoms with Crippen molar-refractivity contribution in [2.24, 2.45) is 5.92 Å². The Labute approximate surface area is 128 Å². The largest absolute Gasteiger partial charge is 0.478 e. The molecule has 2 amide bonds. The number of likely N-dealkylation sites (tertiary alicyclic amines) is 1. The van der Waals surface area contributed by atoms with Gasteiger partial charge in [-0.15, -0.1) is 0 Å². The lowest BCUT2D eigenvalue weighted by atomic mass is 9.95. The van der Waals surface area contributed by atoms with Gasteiger partial charge in [-0.25, -0.2) is 9.59 Å². The Morgan fingerprint density at radius 3 is 2.71 bits per heavy atom. The minimum absolute atomic E-state index is 0.0785. The molecule has 114 valence electrons. The maximum atomic E-state index is 12.4.